The van der Waals surface area contributed by atoms with Gasteiger partial charge < -0.3 is 14.4 Å². The third-order valence-corrected chi connectivity index (χ3v) is 7.24. The maximum atomic E-state index is 13.1. The largest absolute Gasteiger partial charge is 0.458 e. The summed E-state index contributed by atoms with van der Waals surface area (Å²) in [4.78, 5) is 29.9. The normalized spacial score (nSPS) is 17.1. The Kier molecular flexibility index (Phi) is 6.43. The van der Waals surface area contributed by atoms with Gasteiger partial charge in [-0.05, 0) is 60.3 Å². The molecule has 2 unspecified atom stereocenters. The second kappa shape index (κ2) is 9.00. The Labute approximate surface area is 196 Å². The van der Waals surface area contributed by atoms with E-state index in [9.17, 15) is 14.7 Å². The Bertz CT molecular complexity index is 1340. The SMILES string of the molecule is CC.CC.Cc1c(P)cc2nc3c(c4c2c1CCC4)Cn1c-3cc2c(c1=O)COC(=O)C2O. The molecule has 2 atom stereocenters. The second-order valence-electron chi connectivity index (χ2n) is 8.10. The number of carbonyl (C=O) groups is 1. The van der Waals surface area contributed by atoms with Gasteiger partial charge in [-0.3, -0.25) is 4.79 Å². The van der Waals surface area contributed by atoms with E-state index < -0.39 is 12.1 Å². The van der Waals surface area contributed by atoms with Crippen molar-refractivity contribution in [3.63, 3.8) is 0 Å². The van der Waals surface area contributed by atoms with Gasteiger partial charge >= 0.3 is 5.97 Å². The second-order valence-corrected chi connectivity index (χ2v) is 8.72. The van der Waals surface area contributed by atoms with E-state index >= 15 is 0 Å². The maximum absolute atomic E-state index is 13.1. The van der Waals surface area contributed by atoms with Gasteiger partial charge in [0.1, 0.15) is 6.61 Å². The molecule has 1 N–H and O–H groups in total. The number of rotatable bonds is 0. The zero-order valence-electron chi connectivity index (χ0n) is 19.9. The smallest absolute Gasteiger partial charge is 0.340 e. The van der Waals surface area contributed by atoms with Crippen molar-refractivity contribution in [3.8, 4) is 11.4 Å². The molecule has 3 aliphatic rings. The zero-order chi connectivity index (χ0) is 24.0. The van der Waals surface area contributed by atoms with Crippen molar-refractivity contribution in [2.24, 2.45) is 0 Å². The van der Waals surface area contributed by atoms with Gasteiger partial charge in [-0.1, -0.05) is 27.7 Å². The minimum Gasteiger partial charge on any atom is -0.458 e. The highest BCUT2D eigenvalue weighted by molar-refractivity contribution is 7.27. The number of fused-ring (bicyclic) bond motifs is 5. The predicted molar refractivity (Wildman–Crippen MR) is 134 cm³/mol. The van der Waals surface area contributed by atoms with Gasteiger partial charge in [0.15, 0.2) is 6.10 Å². The van der Waals surface area contributed by atoms with Crippen LogP contribution in [-0.4, -0.2) is 20.6 Å². The average molecular weight is 467 g/mol. The molecule has 6 rings (SSSR count). The third-order valence-electron chi connectivity index (χ3n) is 6.64. The van der Waals surface area contributed by atoms with Gasteiger partial charge in [-0.15, -0.1) is 9.24 Å². The molecule has 2 aromatic heterocycles. The van der Waals surface area contributed by atoms with Gasteiger partial charge in [-0.25, -0.2) is 9.78 Å². The van der Waals surface area contributed by atoms with Crippen molar-refractivity contribution < 1.29 is 14.6 Å². The number of aliphatic hydroxyl groups is 1. The number of carbonyl (C=O) groups excluding carboxylic acids is 1. The summed E-state index contributed by atoms with van der Waals surface area (Å²) in [5.41, 5.74) is 7.94. The third kappa shape index (κ3) is 3.43. The fourth-order valence-corrected chi connectivity index (χ4v) is 5.45. The molecule has 0 amide bonds. The molecule has 33 heavy (non-hydrogen) atoms. The molecule has 3 aromatic rings. The highest BCUT2D eigenvalue weighted by atomic mass is 31.0. The summed E-state index contributed by atoms with van der Waals surface area (Å²) >= 11 is 0. The zero-order valence-corrected chi connectivity index (χ0v) is 21.1. The van der Waals surface area contributed by atoms with Crippen LogP contribution >= 0.6 is 9.24 Å². The molecule has 0 saturated carbocycles. The number of cyclic esters (lactones) is 1. The van der Waals surface area contributed by atoms with Gasteiger partial charge in [0.05, 0.1) is 29.0 Å². The van der Waals surface area contributed by atoms with Gasteiger partial charge in [0, 0.05) is 16.5 Å². The Morgan fingerprint density at radius 2 is 1.76 bits per heavy atom. The van der Waals surface area contributed by atoms with Crippen molar-refractivity contribution in [2.75, 3.05) is 0 Å². The number of nitrogens with zero attached hydrogens (tertiary/aromatic N) is 2. The molecule has 1 aromatic carbocycles. The molecule has 0 saturated heterocycles. The molecule has 1 aliphatic carbocycles. The highest BCUT2D eigenvalue weighted by Gasteiger charge is 2.35. The molecular weight excluding hydrogens is 435 g/mol. The van der Waals surface area contributed by atoms with E-state index in [1.165, 1.54) is 22.1 Å². The number of ether oxygens (including phenoxy) is 1. The molecule has 174 valence electrons. The molecular formula is C26H31N2O4P. The lowest BCUT2D eigenvalue weighted by molar-refractivity contribution is -0.157. The molecule has 0 spiro atoms. The van der Waals surface area contributed by atoms with E-state index in [4.69, 9.17) is 9.72 Å². The first kappa shape index (κ1) is 23.6. The summed E-state index contributed by atoms with van der Waals surface area (Å²) in [5.74, 6) is -0.714. The Morgan fingerprint density at radius 1 is 1.06 bits per heavy atom. The van der Waals surface area contributed by atoms with Crippen LogP contribution < -0.4 is 10.9 Å². The van der Waals surface area contributed by atoms with Crippen molar-refractivity contribution in [2.45, 2.75) is 73.1 Å². The summed E-state index contributed by atoms with van der Waals surface area (Å²) in [6.45, 7) is 10.5. The van der Waals surface area contributed by atoms with Crippen LogP contribution in [0.25, 0.3) is 22.3 Å². The van der Waals surface area contributed by atoms with Crippen molar-refractivity contribution in [3.05, 3.63) is 55.9 Å². The summed E-state index contributed by atoms with van der Waals surface area (Å²) in [5, 5.41) is 12.7. The predicted octanol–water partition coefficient (Wildman–Crippen LogP) is 3.87. The summed E-state index contributed by atoms with van der Waals surface area (Å²) in [6, 6.07) is 3.85. The lowest BCUT2D eigenvalue weighted by Gasteiger charge is -2.22. The number of hydrogen-bond acceptors (Lipinski definition) is 5. The first-order valence-electron chi connectivity index (χ1n) is 11.8. The number of esters is 1. The monoisotopic (exact) mass is 466 g/mol. The van der Waals surface area contributed by atoms with E-state index in [-0.39, 0.29) is 12.2 Å². The average Bonchev–Trinajstić information content (AvgIpc) is 3.22. The highest BCUT2D eigenvalue weighted by Crippen LogP contribution is 2.41. The Hall–Kier alpha value is -2.56. The molecule has 4 heterocycles. The first-order valence-corrected chi connectivity index (χ1v) is 12.4. The first-order chi connectivity index (χ1) is 16.0. The Balaban J connectivity index is 0.000000617. The van der Waals surface area contributed by atoms with Gasteiger partial charge in [0.2, 0.25) is 0 Å². The molecule has 0 radical (unpaired) electrons. The van der Waals surface area contributed by atoms with Crippen LogP contribution in [0.5, 0.6) is 0 Å². The minimum atomic E-state index is -1.42. The lowest BCUT2D eigenvalue weighted by atomic mass is 9.85. The van der Waals surface area contributed by atoms with E-state index in [0.717, 1.165) is 41.3 Å². The molecule has 2 aliphatic heterocycles. The fraction of sp³-hybridized carbons (Fsp3) is 0.423. The van der Waals surface area contributed by atoms with Crippen LogP contribution in [0.4, 0.5) is 0 Å². The quantitative estimate of drug-likeness (QED) is 0.314. The number of pyridine rings is 2. The van der Waals surface area contributed by atoms with Crippen LogP contribution in [0.15, 0.2) is 16.9 Å². The summed E-state index contributed by atoms with van der Waals surface area (Å²) < 4.78 is 6.68. The number of hydrogen-bond donors (Lipinski definition) is 1. The maximum Gasteiger partial charge on any atom is 0.340 e. The lowest BCUT2D eigenvalue weighted by Crippen LogP contribution is -2.32. The van der Waals surface area contributed by atoms with E-state index in [1.807, 2.05) is 27.7 Å². The van der Waals surface area contributed by atoms with Gasteiger partial charge in [-0.2, -0.15) is 0 Å². The van der Waals surface area contributed by atoms with Crippen LogP contribution in [0.1, 0.15) is 73.6 Å². The van der Waals surface area contributed by atoms with E-state index in [0.29, 0.717) is 23.4 Å². The summed E-state index contributed by atoms with van der Waals surface area (Å²) in [7, 11) is 2.80. The van der Waals surface area contributed by atoms with E-state index in [2.05, 4.69) is 22.2 Å². The van der Waals surface area contributed by atoms with Crippen LogP contribution in [0, 0.1) is 6.92 Å². The Morgan fingerprint density at radius 3 is 2.48 bits per heavy atom. The summed E-state index contributed by atoms with van der Waals surface area (Å²) in [6.07, 6.45) is 1.67. The van der Waals surface area contributed by atoms with Crippen LogP contribution in [0.2, 0.25) is 0 Å². The van der Waals surface area contributed by atoms with Crippen molar-refractivity contribution >= 4 is 31.4 Å². The van der Waals surface area contributed by atoms with Crippen molar-refractivity contribution in [1.29, 1.82) is 0 Å². The van der Waals surface area contributed by atoms with Crippen LogP contribution in [0.3, 0.4) is 0 Å². The molecule has 0 bridgehead atoms. The van der Waals surface area contributed by atoms with Gasteiger partial charge in [0.25, 0.3) is 5.56 Å². The van der Waals surface area contributed by atoms with Crippen LogP contribution in [-0.2, 0) is 35.5 Å². The van der Waals surface area contributed by atoms with E-state index in [1.54, 1.807) is 10.6 Å². The standard InChI is InChI=1S/C22H19N2O4P.2C2H6/c1-9-10-3-2-4-11-13-7-24-16(19(13)23-15(18(10)11)6-17(9)29)5-12-14(21(24)26)8-28-22(27)20(12)25;2*1-2/h5-6,20,25H,2-4,7-8,29H2,1H3;2*1-2H3. The molecule has 6 nitrogen and oxygen atoms in total. The molecule has 0 fully saturated rings. The number of aliphatic hydroxyl groups excluding tert-OH is 1. The fourth-order valence-electron chi connectivity index (χ4n) is 5.12. The topological polar surface area (TPSA) is 81.4 Å². The number of aromatic nitrogens is 2. The molecule has 7 heteroatoms. The minimum absolute atomic E-state index is 0.0945. The van der Waals surface area contributed by atoms with Crippen molar-refractivity contribution in [1.82, 2.24) is 9.55 Å². The number of benzene rings is 1. The number of aryl methyl sites for hydroxylation is 2.